The summed E-state index contributed by atoms with van der Waals surface area (Å²) in [5.41, 5.74) is 0.445. The number of rotatable bonds is 8. The van der Waals surface area contributed by atoms with Gasteiger partial charge in [0.25, 0.3) is 6.43 Å². The van der Waals surface area contributed by atoms with Crippen molar-refractivity contribution in [3.8, 4) is 0 Å². The lowest BCUT2D eigenvalue weighted by Crippen LogP contribution is -2.68. The van der Waals surface area contributed by atoms with Gasteiger partial charge in [0.05, 0.1) is 24.6 Å². The van der Waals surface area contributed by atoms with Crippen molar-refractivity contribution in [3.05, 3.63) is 35.4 Å². The molecule has 1 saturated heterocycles. The number of nitrogens with zero attached hydrogens (tertiary/aromatic N) is 4. The van der Waals surface area contributed by atoms with Gasteiger partial charge < -0.3 is 24.8 Å². The van der Waals surface area contributed by atoms with Gasteiger partial charge in [-0.2, -0.15) is 5.10 Å². The van der Waals surface area contributed by atoms with Crippen LogP contribution in [0.5, 0.6) is 0 Å². The third kappa shape index (κ3) is 4.03. The lowest BCUT2D eigenvalue weighted by Gasteiger charge is -2.61. The number of fused-ring (bicyclic) bond motifs is 1. The van der Waals surface area contributed by atoms with Crippen LogP contribution in [0.25, 0.3) is 5.65 Å². The minimum atomic E-state index is -2.81. The molecule has 0 unspecified atom stereocenters. The zero-order valence-corrected chi connectivity index (χ0v) is 19.2. The van der Waals surface area contributed by atoms with Gasteiger partial charge in [0.1, 0.15) is 17.4 Å². The molecule has 0 radical (unpaired) electrons. The number of aromatic amines is 1. The van der Waals surface area contributed by atoms with Crippen molar-refractivity contribution in [1.82, 2.24) is 29.9 Å². The highest BCUT2D eigenvalue weighted by Gasteiger charge is 2.58. The molecule has 1 aliphatic heterocycles. The van der Waals surface area contributed by atoms with Gasteiger partial charge in [-0.15, -0.1) is 0 Å². The first-order valence-electron chi connectivity index (χ1n) is 11.6. The minimum Gasteiger partial charge on any atom is -0.441 e. The number of anilines is 2. The molecule has 0 aromatic carbocycles. The standard InChI is InChI=1S/C22H24F3N7O4/c1-34-8-11-7-32-16(26-11)3-13(19(24)25)27-20(32)28-15-2-12(30-31-15)18-17(23)14(9-35-18)36-21(33)29-22-4-10(5-22)6-22/h2-3,7,10,14,17-19H,4-6,8-9H2,1H3,(H,29,33)(H2,27,28,30,31)/t10?,14-,17-,18-,22?/m1/s1. The average Bonchev–Trinajstić information content (AvgIpc) is 3.49. The van der Waals surface area contributed by atoms with E-state index in [9.17, 15) is 13.6 Å². The molecule has 11 nitrogen and oxygen atoms in total. The summed E-state index contributed by atoms with van der Waals surface area (Å²) in [5, 5.41) is 12.5. The number of H-pyrrole nitrogens is 1. The highest BCUT2D eigenvalue weighted by atomic mass is 19.3. The zero-order chi connectivity index (χ0) is 25.0. The monoisotopic (exact) mass is 507 g/mol. The van der Waals surface area contributed by atoms with Crippen LogP contribution in [-0.2, 0) is 20.8 Å². The van der Waals surface area contributed by atoms with Gasteiger partial charge >= 0.3 is 6.09 Å². The fraction of sp³-hybridized carbons (Fsp3) is 0.545. The first kappa shape index (κ1) is 23.0. The van der Waals surface area contributed by atoms with Crippen LogP contribution in [-0.4, -0.2) is 62.2 Å². The second-order valence-corrected chi connectivity index (χ2v) is 9.56. The first-order chi connectivity index (χ1) is 17.3. The van der Waals surface area contributed by atoms with E-state index in [1.54, 1.807) is 6.20 Å². The summed E-state index contributed by atoms with van der Waals surface area (Å²) in [5.74, 6) is 0.937. The third-order valence-electron chi connectivity index (χ3n) is 6.93. The van der Waals surface area contributed by atoms with Crippen LogP contribution in [0, 0.1) is 5.92 Å². The molecule has 14 heteroatoms. The Bertz CT molecular complexity index is 1280. The number of imidazole rings is 1. The maximum atomic E-state index is 15.1. The van der Waals surface area contributed by atoms with Gasteiger partial charge in [-0.25, -0.2) is 27.9 Å². The molecule has 3 saturated carbocycles. The molecule has 3 N–H and O–H groups in total. The predicted molar refractivity (Wildman–Crippen MR) is 118 cm³/mol. The zero-order valence-electron chi connectivity index (χ0n) is 19.2. The number of methoxy groups -OCH3 is 1. The highest BCUT2D eigenvalue weighted by Crippen LogP contribution is 2.57. The number of alkyl carbamates (subject to hydrolysis) is 1. The largest absolute Gasteiger partial charge is 0.441 e. The number of ether oxygens (including phenoxy) is 3. The molecule has 0 spiro atoms. The molecule has 3 aliphatic carbocycles. The summed E-state index contributed by atoms with van der Waals surface area (Å²) in [7, 11) is 1.50. The van der Waals surface area contributed by atoms with Crippen LogP contribution >= 0.6 is 0 Å². The summed E-state index contributed by atoms with van der Waals surface area (Å²) in [4.78, 5) is 20.4. The number of hydrogen-bond donors (Lipinski definition) is 3. The number of aromatic nitrogens is 5. The smallest absolute Gasteiger partial charge is 0.408 e. The summed E-state index contributed by atoms with van der Waals surface area (Å²) >= 11 is 0. The molecule has 3 aromatic rings. The van der Waals surface area contributed by atoms with E-state index in [-0.39, 0.29) is 36.2 Å². The van der Waals surface area contributed by atoms with E-state index in [1.807, 2.05) is 0 Å². The van der Waals surface area contributed by atoms with Crippen LogP contribution in [0.2, 0.25) is 0 Å². The highest BCUT2D eigenvalue weighted by molar-refractivity contribution is 5.69. The topological polar surface area (TPSA) is 128 Å². The summed E-state index contributed by atoms with van der Waals surface area (Å²) in [6.07, 6.45) is -2.72. The number of carbonyl (C=O) groups excluding carboxylic acids is 1. The Morgan fingerprint density at radius 2 is 2.14 bits per heavy atom. The molecule has 36 heavy (non-hydrogen) atoms. The molecular weight excluding hydrogens is 483 g/mol. The van der Waals surface area contributed by atoms with Crippen molar-refractivity contribution in [3.63, 3.8) is 0 Å². The number of carbonyl (C=O) groups is 1. The first-order valence-corrected chi connectivity index (χ1v) is 11.6. The van der Waals surface area contributed by atoms with Gasteiger partial charge in [0, 0.05) is 31.0 Å². The van der Waals surface area contributed by atoms with Crippen molar-refractivity contribution in [1.29, 1.82) is 0 Å². The number of amides is 1. The van der Waals surface area contributed by atoms with Gasteiger partial charge in [-0.05, 0) is 25.2 Å². The Kier molecular flexibility index (Phi) is 5.52. The second kappa shape index (κ2) is 8.62. The van der Waals surface area contributed by atoms with Gasteiger partial charge in [0.2, 0.25) is 5.95 Å². The van der Waals surface area contributed by atoms with E-state index in [2.05, 4.69) is 30.8 Å². The maximum Gasteiger partial charge on any atom is 0.408 e. The number of halogens is 3. The molecule has 7 rings (SSSR count). The summed E-state index contributed by atoms with van der Waals surface area (Å²) in [6, 6.07) is 2.67. The van der Waals surface area contributed by atoms with Crippen LogP contribution < -0.4 is 10.6 Å². The molecule has 192 valence electrons. The minimum absolute atomic E-state index is 0.0475. The molecule has 4 fully saturated rings. The number of nitrogens with one attached hydrogen (secondary N) is 3. The normalized spacial score (nSPS) is 28.7. The van der Waals surface area contributed by atoms with Crippen molar-refractivity contribution in [2.75, 3.05) is 19.0 Å². The van der Waals surface area contributed by atoms with Crippen molar-refractivity contribution < 1.29 is 32.2 Å². The quantitative estimate of drug-likeness (QED) is 0.424. The van der Waals surface area contributed by atoms with E-state index in [1.165, 1.54) is 23.6 Å². The van der Waals surface area contributed by atoms with E-state index < -0.39 is 36.6 Å². The van der Waals surface area contributed by atoms with E-state index in [0.29, 0.717) is 17.3 Å². The maximum absolute atomic E-state index is 15.1. The molecule has 4 heterocycles. The fourth-order valence-electron chi connectivity index (χ4n) is 5.09. The Morgan fingerprint density at radius 1 is 1.33 bits per heavy atom. The van der Waals surface area contributed by atoms with Gasteiger partial charge in [-0.3, -0.25) is 9.50 Å². The molecule has 4 aliphatic rings. The van der Waals surface area contributed by atoms with Crippen LogP contribution in [0.4, 0.5) is 29.7 Å². The molecular formula is C22H24F3N7O4. The van der Waals surface area contributed by atoms with Crippen molar-refractivity contribution in [2.45, 2.75) is 56.2 Å². The summed E-state index contributed by atoms with van der Waals surface area (Å²) < 4.78 is 59.2. The Labute approximate surface area is 202 Å². The van der Waals surface area contributed by atoms with E-state index >= 15 is 4.39 Å². The van der Waals surface area contributed by atoms with Crippen molar-refractivity contribution in [2.24, 2.45) is 5.92 Å². The molecule has 3 atom stereocenters. The molecule has 3 aromatic heterocycles. The molecule has 1 amide bonds. The Morgan fingerprint density at radius 3 is 2.83 bits per heavy atom. The van der Waals surface area contributed by atoms with Gasteiger partial charge in [0.15, 0.2) is 18.1 Å². The van der Waals surface area contributed by atoms with Gasteiger partial charge in [-0.1, -0.05) is 0 Å². The number of alkyl halides is 3. The fourth-order valence-corrected chi connectivity index (χ4v) is 5.09. The SMILES string of the molecule is COCc1cn2c(Nc3cc([C@H]4OC[C@@H](OC(=O)NC56CC(C5)C6)[C@H]4F)[nH]n3)nc(C(F)F)cc2n1. The van der Waals surface area contributed by atoms with Crippen LogP contribution in [0.1, 0.15) is 48.9 Å². The lowest BCUT2D eigenvalue weighted by atomic mass is 9.50. The predicted octanol–water partition coefficient (Wildman–Crippen LogP) is 3.34. The average molecular weight is 507 g/mol. The third-order valence-corrected chi connectivity index (χ3v) is 6.93. The van der Waals surface area contributed by atoms with E-state index in [0.717, 1.165) is 19.3 Å². The van der Waals surface area contributed by atoms with Crippen LogP contribution in [0.15, 0.2) is 18.3 Å². The molecule has 2 bridgehead atoms. The summed E-state index contributed by atoms with van der Waals surface area (Å²) in [6.45, 7) is 0.0872. The number of hydrogen-bond acceptors (Lipinski definition) is 8. The van der Waals surface area contributed by atoms with Crippen LogP contribution in [0.3, 0.4) is 0 Å². The lowest BCUT2D eigenvalue weighted by molar-refractivity contribution is -0.0528. The Balaban J connectivity index is 1.15. The van der Waals surface area contributed by atoms with E-state index in [4.69, 9.17) is 14.2 Å². The van der Waals surface area contributed by atoms with Crippen molar-refractivity contribution >= 4 is 23.5 Å². The Hall–Kier alpha value is -3.39. The second-order valence-electron chi connectivity index (χ2n) is 9.56.